The molecule has 0 bridgehead atoms. The van der Waals surface area contributed by atoms with Gasteiger partial charge in [-0.15, -0.1) is 24.8 Å². The Balaban J connectivity index is -0.0000135. The first kappa shape index (κ1) is 56.7. The number of aliphatic imine (C=N–C) groups is 1. The monoisotopic (exact) mass is 825 g/mol. The van der Waals surface area contributed by atoms with Gasteiger partial charge in [-0.2, -0.15) is 0 Å². The maximum absolute atomic E-state index is 14.2. The molecule has 0 aliphatic carbocycles. The molecule has 0 radical (unpaired) electrons. The van der Waals surface area contributed by atoms with Crippen LogP contribution >= 0.6 is 24.8 Å². The molecule has 55 heavy (non-hydrogen) atoms. The molecule has 0 fully saturated rings. The zero-order valence-corrected chi connectivity index (χ0v) is 36.3. The summed E-state index contributed by atoms with van der Waals surface area (Å²) in [6.07, 6.45) is 20.2. The lowest BCUT2D eigenvalue weighted by molar-refractivity contribution is -0.183. The average molecular weight is 826 g/mol. The van der Waals surface area contributed by atoms with Crippen LogP contribution in [-0.2, 0) is 23.9 Å². The summed E-state index contributed by atoms with van der Waals surface area (Å²) in [6.45, 7) is 6.64. The van der Waals surface area contributed by atoms with Crippen LogP contribution in [0, 0.1) is 0 Å². The SMILES string of the molecule is CCCCCCCCCCCCCC(=O)N(C(=O)CCCCCCCCCCCCC)[C@](CCCN=C(N)N)(C(=O)O)N(C(=O)CN)C(=O)OC(C)C.Cl.Cl. The first-order valence-electron chi connectivity index (χ1n) is 20.8. The van der Waals surface area contributed by atoms with E-state index in [2.05, 4.69) is 18.8 Å². The lowest BCUT2D eigenvalue weighted by Crippen LogP contribution is -2.71. The molecule has 7 N–H and O–H groups in total. The minimum absolute atomic E-state index is 0. The second-order valence-electron chi connectivity index (χ2n) is 14.6. The first-order chi connectivity index (χ1) is 25.4. The lowest BCUT2D eigenvalue weighted by Gasteiger charge is -2.45. The third kappa shape index (κ3) is 24.6. The van der Waals surface area contributed by atoms with Gasteiger partial charge in [-0.05, 0) is 33.1 Å². The summed E-state index contributed by atoms with van der Waals surface area (Å²) in [5.74, 6) is -4.62. The highest BCUT2D eigenvalue weighted by Crippen LogP contribution is 2.32. The Labute approximate surface area is 344 Å². The Kier molecular flexibility index (Phi) is 36.8. The summed E-state index contributed by atoms with van der Waals surface area (Å²) >= 11 is 0. The van der Waals surface area contributed by atoms with Crippen molar-refractivity contribution in [3.05, 3.63) is 0 Å². The quantitative estimate of drug-likeness (QED) is 0.0214. The van der Waals surface area contributed by atoms with Crippen LogP contribution in [-0.4, -0.2) is 75.5 Å². The fourth-order valence-electron chi connectivity index (χ4n) is 6.62. The first-order valence-corrected chi connectivity index (χ1v) is 20.8. The van der Waals surface area contributed by atoms with Crippen LogP contribution in [0.4, 0.5) is 4.79 Å². The van der Waals surface area contributed by atoms with E-state index in [9.17, 15) is 29.1 Å². The molecule has 0 aliphatic rings. The van der Waals surface area contributed by atoms with Crippen LogP contribution in [0.5, 0.6) is 0 Å². The van der Waals surface area contributed by atoms with E-state index in [1.54, 1.807) is 0 Å². The van der Waals surface area contributed by atoms with Crippen LogP contribution < -0.4 is 17.2 Å². The summed E-state index contributed by atoms with van der Waals surface area (Å²) in [7, 11) is 0. The van der Waals surface area contributed by atoms with E-state index in [-0.39, 0.29) is 56.6 Å². The number of carbonyl (C=O) groups is 5. The van der Waals surface area contributed by atoms with Crippen LogP contribution in [0.1, 0.15) is 195 Å². The Morgan fingerprint density at radius 1 is 0.600 bits per heavy atom. The number of unbranched alkanes of at least 4 members (excludes halogenated alkanes) is 20. The van der Waals surface area contributed by atoms with E-state index < -0.39 is 54.5 Å². The Bertz CT molecular complexity index is 1040. The summed E-state index contributed by atoms with van der Waals surface area (Å²) in [4.78, 5) is 73.7. The van der Waals surface area contributed by atoms with Crippen LogP contribution in [0.15, 0.2) is 4.99 Å². The zero-order chi connectivity index (χ0) is 39.9. The number of nitrogens with zero attached hydrogens (tertiary/aromatic N) is 3. The third-order valence-corrected chi connectivity index (χ3v) is 9.49. The fraction of sp³-hybridized carbons (Fsp3) is 0.850. The largest absolute Gasteiger partial charge is 0.478 e. The van der Waals surface area contributed by atoms with Gasteiger partial charge in [0.2, 0.25) is 23.4 Å². The van der Waals surface area contributed by atoms with Crippen LogP contribution in [0.2, 0.25) is 0 Å². The Hall–Kier alpha value is -2.64. The van der Waals surface area contributed by atoms with E-state index in [4.69, 9.17) is 21.9 Å². The molecular formula is C40H78Cl2N6O7. The molecule has 1 atom stereocenters. The van der Waals surface area contributed by atoms with E-state index >= 15 is 0 Å². The molecule has 0 unspecified atom stereocenters. The molecule has 0 aliphatic heterocycles. The molecule has 0 rings (SSSR count). The van der Waals surface area contributed by atoms with Crippen molar-refractivity contribution in [1.82, 2.24) is 9.80 Å². The molecule has 0 spiro atoms. The van der Waals surface area contributed by atoms with Crippen molar-refractivity contribution in [2.45, 2.75) is 206 Å². The molecule has 324 valence electrons. The summed E-state index contributed by atoms with van der Waals surface area (Å²) in [6, 6.07) is 0. The number of carbonyl (C=O) groups excluding carboxylic acids is 4. The van der Waals surface area contributed by atoms with Crippen LogP contribution in [0.25, 0.3) is 0 Å². The minimum Gasteiger partial charge on any atom is -0.478 e. The number of guanidine groups is 1. The number of imide groups is 2. The predicted octanol–water partition coefficient (Wildman–Crippen LogP) is 8.75. The van der Waals surface area contributed by atoms with Gasteiger partial charge in [0.25, 0.3) is 0 Å². The van der Waals surface area contributed by atoms with Gasteiger partial charge in [0.1, 0.15) is 0 Å². The maximum Gasteiger partial charge on any atom is 0.419 e. The number of aliphatic carboxylic acids is 1. The number of carboxylic acids is 1. The van der Waals surface area contributed by atoms with Crippen molar-refractivity contribution in [2.24, 2.45) is 22.2 Å². The molecule has 0 saturated heterocycles. The Morgan fingerprint density at radius 2 is 0.964 bits per heavy atom. The van der Waals surface area contributed by atoms with E-state index in [0.29, 0.717) is 35.5 Å². The van der Waals surface area contributed by atoms with E-state index in [1.807, 2.05) is 0 Å². The zero-order valence-electron chi connectivity index (χ0n) is 34.7. The number of hydrogen-bond donors (Lipinski definition) is 4. The van der Waals surface area contributed by atoms with Gasteiger partial charge >= 0.3 is 12.1 Å². The molecular weight excluding hydrogens is 747 g/mol. The van der Waals surface area contributed by atoms with Gasteiger partial charge in [0, 0.05) is 25.8 Å². The second-order valence-corrected chi connectivity index (χ2v) is 14.6. The Morgan fingerprint density at radius 3 is 1.27 bits per heavy atom. The van der Waals surface area contributed by atoms with E-state index in [0.717, 1.165) is 38.5 Å². The number of carboxylic acid groups (broad SMARTS) is 1. The van der Waals surface area contributed by atoms with Gasteiger partial charge in [0.05, 0.1) is 12.6 Å². The molecule has 0 aromatic carbocycles. The fourth-order valence-corrected chi connectivity index (χ4v) is 6.62. The van der Waals surface area contributed by atoms with Crippen molar-refractivity contribution >= 4 is 60.6 Å². The number of rotatable bonds is 33. The van der Waals surface area contributed by atoms with Crippen molar-refractivity contribution in [1.29, 1.82) is 0 Å². The smallest absolute Gasteiger partial charge is 0.419 e. The highest BCUT2D eigenvalue weighted by molar-refractivity contribution is 6.06. The predicted molar refractivity (Wildman–Crippen MR) is 226 cm³/mol. The molecule has 0 aromatic rings. The summed E-state index contributed by atoms with van der Waals surface area (Å²) in [5, 5.41) is 10.9. The number of halogens is 2. The van der Waals surface area contributed by atoms with E-state index in [1.165, 1.54) is 90.9 Å². The highest BCUT2D eigenvalue weighted by Gasteiger charge is 2.58. The standard InChI is InChI=1S/C40H76N6O7.2ClH/c1-5-7-9-11-13-15-17-19-21-23-25-28-34(47)45(35(48)29-26-24-22-20-18-16-14-12-10-8-6-2)40(37(50)51,30-27-31-44-38(42)43)46(36(49)32-41)39(52)53-33(3)4;;/h33H,5-32,41H2,1-4H3,(H,50,51)(H4,42,43,44);2*1H/t40-;;/m0../s1. The highest BCUT2D eigenvalue weighted by atomic mass is 35.5. The van der Waals surface area contributed by atoms with Gasteiger partial charge in [-0.3, -0.25) is 19.4 Å². The molecule has 13 nitrogen and oxygen atoms in total. The average Bonchev–Trinajstić information content (AvgIpc) is 3.10. The molecule has 0 heterocycles. The second kappa shape index (κ2) is 35.8. The minimum atomic E-state index is -2.75. The molecule has 0 aromatic heterocycles. The number of amides is 4. The molecule has 15 heteroatoms. The van der Waals surface area contributed by atoms with Crippen molar-refractivity contribution < 1.29 is 33.8 Å². The number of nitrogens with two attached hydrogens (primary N) is 3. The molecule has 4 amide bonds. The van der Waals surface area contributed by atoms with Crippen molar-refractivity contribution in [2.75, 3.05) is 13.1 Å². The normalized spacial score (nSPS) is 11.8. The van der Waals surface area contributed by atoms with Crippen molar-refractivity contribution in [3.63, 3.8) is 0 Å². The third-order valence-electron chi connectivity index (χ3n) is 9.49. The summed E-state index contributed by atoms with van der Waals surface area (Å²) < 4.78 is 5.32. The van der Waals surface area contributed by atoms with Crippen molar-refractivity contribution in [3.8, 4) is 0 Å². The van der Waals surface area contributed by atoms with Crippen LogP contribution in [0.3, 0.4) is 0 Å². The maximum atomic E-state index is 14.2. The van der Waals surface area contributed by atoms with Gasteiger partial charge in [-0.1, -0.05) is 142 Å². The number of hydrogen-bond acceptors (Lipinski definition) is 8. The topological polar surface area (TPSA) is 212 Å². The summed E-state index contributed by atoms with van der Waals surface area (Å²) in [5.41, 5.74) is 13.9. The van der Waals surface area contributed by atoms with Gasteiger partial charge in [0.15, 0.2) is 5.96 Å². The molecule has 0 saturated carbocycles. The van der Waals surface area contributed by atoms with Gasteiger partial charge < -0.3 is 27.0 Å². The van der Waals surface area contributed by atoms with Gasteiger partial charge in [-0.25, -0.2) is 19.4 Å². The lowest BCUT2D eigenvalue weighted by atomic mass is 9.96. The number of ether oxygens (including phenoxy) is 1.